The van der Waals surface area contributed by atoms with Crippen LogP contribution in [-0.4, -0.2) is 5.71 Å². The average molecular weight is 804 g/mol. The number of allylic oxidation sites excluding steroid dienone is 1. The van der Waals surface area contributed by atoms with E-state index < -0.39 is 5.41 Å². The third-order valence-corrected chi connectivity index (χ3v) is 13.1. The predicted octanol–water partition coefficient (Wildman–Crippen LogP) is 14.5. The topological polar surface area (TPSA) is 39.1 Å². The van der Waals surface area contributed by atoms with Crippen LogP contribution in [0, 0.1) is 5.41 Å². The highest BCUT2D eigenvalue weighted by Crippen LogP contribution is 2.63. The average Bonchev–Trinajstić information content (AvgIpc) is 3.82. The first-order chi connectivity index (χ1) is 31.2. The minimum absolute atomic E-state index is 0.454. The van der Waals surface area contributed by atoms with Crippen LogP contribution in [0.3, 0.4) is 0 Å². The largest absolute Gasteiger partial charge is 0.354 e. The van der Waals surface area contributed by atoms with Crippen LogP contribution in [0.5, 0.6) is 0 Å². The lowest BCUT2D eigenvalue weighted by Crippen LogP contribution is -2.26. The van der Waals surface area contributed by atoms with Crippen LogP contribution < -0.4 is 10.2 Å². The van der Waals surface area contributed by atoms with Crippen LogP contribution >= 0.6 is 0 Å². The first-order valence-corrected chi connectivity index (χ1v) is 21.6. The van der Waals surface area contributed by atoms with Gasteiger partial charge in [0.25, 0.3) is 0 Å². The molecule has 12 rings (SSSR count). The highest BCUT2D eigenvalue weighted by molar-refractivity contribution is 6.36. The first-order valence-electron chi connectivity index (χ1n) is 21.6. The Hall–Kier alpha value is -8.27. The summed E-state index contributed by atoms with van der Waals surface area (Å²) in [4.78, 5) is 2.39. The van der Waals surface area contributed by atoms with E-state index >= 15 is 0 Å². The summed E-state index contributed by atoms with van der Waals surface area (Å²) in [5, 5.41) is 13.8. The highest BCUT2D eigenvalue weighted by atomic mass is 15.1. The summed E-state index contributed by atoms with van der Waals surface area (Å²) in [6.07, 6.45) is 2.24. The second kappa shape index (κ2) is 14.7. The third-order valence-electron chi connectivity index (χ3n) is 13.1. The lowest BCUT2D eigenvalue weighted by Gasteiger charge is -2.32. The molecule has 1 aliphatic heterocycles. The van der Waals surface area contributed by atoms with Crippen molar-refractivity contribution < 1.29 is 0 Å². The van der Waals surface area contributed by atoms with Crippen molar-refractivity contribution >= 4 is 45.8 Å². The van der Waals surface area contributed by atoms with E-state index in [2.05, 4.69) is 204 Å². The molecule has 63 heavy (non-hydrogen) atoms. The molecule has 0 radical (unpaired) electrons. The number of nitrogens with zero attached hydrogens (tertiary/aromatic N) is 1. The maximum absolute atomic E-state index is 9.86. The smallest absolute Gasteiger partial charge is 0.0726 e. The van der Waals surface area contributed by atoms with E-state index in [1.54, 1.807) is 0 Å². The van der Waals surface area contributed by atoms with Gasteiger partial charge >= 0.3 is 0 Å². The van der Waals surface area contributed by atoms with Crippen LogP contribution in [0.25, 0.3) is 45.3 Å². The molecule has 0 amide bonds. The fraction of sp³-hybridized carbons (Fsp3) is 0.0167. The van der Waals surface area contributed by atoms with E-state index in [1.165, 1.54) is 44.5 Å². The molecule has 3 nitrogen and oxygen atoms in total. The maximum Gasteiger partial charge on any atom is 0.0726 e. The molecule has 1 heterocycles. The molecule has 296 valence electrons. The van der Waals surface area contributed by atoms with Gasteiger partial charge in [0.15, 0.2) is 0 Å². The van der Waals surface area contributed by atoms with Gasteiger partial charge in [0.1, 0.15) is 0 Å². The molecule has 0 aromatic heterocycles. The van der Waals surface area contributed by atoms with Crippen LogP contribution in [0.4, 0.5) is 17.1 Å². The number of hydrogen-bond acceptors (Lipinski definition) is 3. The number of hydrogen-bond donors (Lipinski definition) is 2. The zero-order valence-corrected chi connectivity index (χ0v) is 34.5. The molecule has 0 atom stereocenters. The van der Waals surface area contributed by atoms with E-state index in [1.807, 2.05) is 42.5 Å². The van der Waals surface area contributed by atoms with Gasteiger partial charge in [-0.2, -0.15) is 0 Å². The Morgan fingerprint density at radius 3 is 1.48 bits per heavy atom. The van der Waals surface area contributed by atoms with Gasteiger partial charge in [-0.05, 0) is 104 Å². The van der Waals surface area contributed by atoms with Gasteiger partial charge in [0.2, 0.25) is 0 Å². The molecule has 9 aromatic carbocycles. The van der Waals surface area contributed by atoms with Gasteiger partial charge in [-0.15, -0.1) is 0 Å². The minimum atomic E-state index is -0.464. The quantitative estimate of drug-likeness (QED) is 0.158. The Labute approximate surface area is 368 Å². The lowest BCUT2D eigenvalue weighted by molar-refractivity contribution is 0.793. The van der Waals surface area contributed by atoms with Crippen molar-refractivity contribution in [3.05, 3.63) is 281 Å². The molecular weight excluding hydrogens is 763 g/mol. The van der Waals surface area contributed by atoms with E-state index in [0.29, 0.717) is 5.71 Å². The molecule has 0 unspecified atom stereocenters. The molecule has 9 aromatic rings. The number of nitrogens with one attached hydrogen (secondary N) is 2. The Morgan fingerprint density at radius 1 is 0.397 bits per heavy atom. The van der Waals surface area contributed by atoms with Gasteiger partial charge in [-0.1, -0.05) is 194 Å². The van der Waals surface area contributed by atoms with Crippen LogP contribution in [0.15, 0.2) is 231 Å². The molecule has 0 fully saturated rings. The number of rotatable bonds is 7. The van der Waals surface area contributed by atoms with Crippen molar-refractivity contribution in [1.82, 2.24) is 5.32 Å². The number of fused-ring (bicyclic) bond motifs is 11. The van der Waals surface area contributed by atoms with Crippen LogP contribution in [0.1, 0.15) is 50.1 Å². The van der Waals surface area contributed by atoms with Crippen molar-refractivity contribution in [1.29, 1.82) is 5.41 Å². The zero-order chi connectivity index (χ0) is 41.9. The van der Waals surface area contributed by atoms with Crippen molar-refractivity contribution in [2.75, 3.05) is 4.90 Å². The second-order valence-corrected chi connectivity index (χ2v) is 16.5. The summed E-state index contributed by atoms with van der Waals surface area (Å²) in [6.45, 7) is 0. The SMILES string of the molecule is N=C(/C(=C1\NC(c2ccccc2)=Cc2ccc(N(c3ccccc3)c3ccc4c(c3)C3(c5ccccc5-c5ccccc53)c3ccccc3-4)cc21)c1ccccc1)c1ccccc1. The summed E-state index contributed by atoms with van der Waals surface area (Å²) >= 11 is 0. The summed E-state index contributed by atoms with van der Waals surface area (Å²) in [5.74, 6) is 0. The van der Waals surface area contributed by atoms with Crippen LogP contribution in [-0.2, 0) is 5.41 Å². The fourth-order valence-corrected chi connectivity index (χ4v) is 10.4. The number of benzene rings is 9. The van der Waals surface area contributed by atoms with Crippen molar-refractivity contribution in [3.8, 4) is 22.3 Å². The Balaban J connectivity index is 1.10. The zero-order valence-electron chi connectivity index (χ0n) is 34.5. The maximum atomic E-state index is 9.86. The molecule has 2 aliphatic carbocycles. The highest BCUT2D eigenvalue weighted by Gasteiger charge is 2.51. The number of para-hydroxylation sites is 1. The summed E-state index contributed by atoms with van der Waals surface area (Å²) < 4.78 is 0. The van der Waals surface area contributed by atoms with Gasteiger partial charge in [0.05, 0.1) is 16.8 Å². The lowest BCUT2D eigenvalue weighted by atomic mass is 9.70. The molecule has 0 saturated heterocycles. The Bertz CT molecular complexity index is 3250. The number of anilines is 3. The van der Waals surface area contributed by atoms with Crippen molar-refractivity contribution in [2.45, 2.75) is 5.41 Å². The molecule has 3 heteroatoms. The standard InChI is InChI=1S/C60H41N3/c61-58(42-23-9-3-10-24-42)57(41-21-7-2-8-22-41)59-51-38-45(34-33-43(51)37-56(62-59)40-19-5-1-6-20-40)63(44-25-11-4-12-26-44)46-35-36-50-49-29-15-18-32-54(49)60(55(50)39-46)52-30-16-13-27-47(52)48-28-14-17-31-53(48)60/h1-39,61-62H/b59-57-,61-58?. The van der Waals surface area contributed by atoms with Gasteiger partial charge in [-0.25, -0.2) is 0 Å². The molecule has 3 aliphatic rings. The Morgan fingerprint density at radius 2 is 0.873 bits per heavy atom. The Kier molecular flexibility index (Phi) is 8.55. The summed E-state index contributed by atoms with van der Waals surface area (Å²) in [7, 11) is 0. The van der Waals surface area contributed by atoms with Crippen molar-refractivity contribution in [2.24, 2.45) is 0 Å². The van der Waals surface area contributed by atoms with E-state index in [0.717, 1.165) is 61.8 Å². The van der Waals surface area contributed by atoms with E-state index in [4.69, 9.17) is 0 Å². The second-order valence-electron chi connectivity index (χ2n) is 16.5. The third kappa shape index (κ3) is 5.71. The summed E-state index contributed by atoms with van der Waals surface area (Å²) in [6, 6.07) is 82.4. The van der Waals surface area contributed by atoms with E-state index in [9.17, 15) is 5.41 Å². The normalized spacial score (nSPS) is 14.3. The molecule has 1 spiro atoms. The molecule has 2 N–H and O–H groups in total. The molecule has 0 bridgehead atoms. The summed E-state index contributed by atoms with van der Waals surface area (Å²) in [5.41, 5.74) is 21.3. The van der Waals surface area contributed by atoms with Gasteiger partial charge in [-0.3, -0.25) is 5.41 Å². The monoisotopic (exact) mass is 803 g/mol. The predicted molar refractivity (Wildman–Crippen MR) is 261 cm³/mol. The minimum Gasteiger partial charge on any atom is -0.354 e. The molecular formula is C60H41N3. The van der Waals surface area contributed by atoms with Gasteiger partial charge in [0, 0.05) is 39.5 Å². The van der Waals surface area contributed by atoms with Crippen molar-refractivity contribution in [3.63, 3.8) is 0 Å². The van der Waals surface area contributed by atoms with Crippen LogP contribution in [0.2, 0.25) is 0 Å². The first kappa shape index (κ1) is 36.6. The fourth-order valence-electron chi connectivity index (χ4n) is 10.4. The van der Waals surface area contributed by atoms with Gasteiger partial charge < -0.3 is 10.2 Å². The van der Waals surface area contributed by atoms with E-state index in [-0.39, 0.29) is 0 Å². The molecule has 0 saturated carbocycles.